The van der Waals surface area contributed by atoms with Gasteiger partial charge in [0.05, 0.1) is 18.3 Å². The highest BCUT2D eigenvalue weighted by Gasteiger charge is 2.51. The summed E-state index contributed by atoms with van der Waals surface area (Å²) < 4.78 is 0. The highest BCUT2D eigenvalue weighted by Crippen LogP contribution is 2.33. The predicted molar refractivity (Wildman–Crippen MR) is 76.7 cm³/mol. The van der Waals surface area contributed by atoms with Gasteiger partial charge in [0, 0.05) is 0 Å². The number of hydrogen-bond donors (Lipinski definition) is 0. The molecule has 0 aromatic heterocycles. The van der Waals surface area contributed by atoms with Gasteiger partial charge in [-0.3, -0.25) is 9.69 Å². The summed E-state index contributed by atoms with van der Waals surface area (Å²) in [5.74, 6) is -0.377. The molecule has 0 bridgehead atoms. The molecule has 0 spiro atoms. The number of carbonyl (C=O) groups excluding carboxylic acids is 2. The topological polar surface area (TPSA) is 68.8 Å². The third kappa shape index (κ3) is 2.11. The van der Waals surface area contributed by atoms with Crippen molar-refractivity contribution in [2.75, 3.05) is 11.4 Å². The summed E-state index contributed by atoms with van der Waals surface area (Å²) >= 11 is 0. The van der Waals surface area contributed by atoms with E-state index in [9.17, 15) is 9.59 Å². The molecule has 106 valence electrons. The minimum atomic E-state index is -1.06. The molecule has 0 saturated carbocycles. The fraction of sp³-hybridized carbons (Fsp3) is 0.333. The quantitative estimate of drug-likeness (QED) is 0.475. The van der Waals surface area contributed by atoms with Gasteiger partial charge in [-0.25, -0.2) is 14.5 Å². The summed E-state index contributed by atoms with van der Waals surface area (Å²) in [6.07, 6.45) is 0. The molecule has 0 aliphatic carbocycles. The van der Waals surface area contributed by atoms with Gasteiger partial charge in [0.15, 0.2) is 5.69 Å². The molecule has 6 nitrogen and oxygen atoms in total. The van der Waals surface area contributed by atoms with E-state index in [2.05, 4.69) is 4.85 Å². The molecule has 3 amide bonds. The first-order valence-corrected chi connectivity index (χ1v) is 6.35. The minimum Gasteiger partial charge on any atom is -0.296 e. The van der Waals surface area contributed by atoms with Crippen LogP contribution in [0.2, 0.25) is 0 Å². The third-order valence-electron chi connectivity index (χ3n) is 3.61. The lowest BCUT2D eigenvalue weighted by Gasteiger charge is -2.24. The van der Waals surface area contributed by atoms with Gasteiger partial charge in [0.1, 0.15) is 12.1 Å². The van der Waals surface area contributed by atoms with Gasteiger partial charge < -0.3 is 0 Å². The average Bonchev–Trinajstić information content (AvgIpc) is 2.60. The first-order valence-electron chi connectivity index (χ1n) is 6.35. The van der Waals surface area contributed by atoms with E-state index in [0.717, 1.165) is 4.90 Å². The molecule has 1 aromatic rings. The van der Waals surface area contributed by atoms with Crippen LogP contribution in [0, 0.1) is 24.8 Å². The van der Waals surface area contributed by atoms with Crippen LogP contribution in [0.1, 0.15) is 19.4 Å². The zero-order chi connectivity index (χ0) is 15.8. The monoisotopic (exact) mass is 282 g/mol. The molecule has 6 heteroatoms. The molecule has 0 radical (unpaired) electrons. The number of rotatable bonds is 2. The molecule has 0 unspecified atom stereocenters. The molecule has 1 saturated heterocycles. The van der Waals surface area contributed by atoms with E-state index in [4.69, 9.17) is 11.8 Å². The van der Waals surface area contributed by atoms with Gasteiger partial charge in [-0.1, -0.05) is 6.07 Å². The van der Waals surface area contributed by atoms with E-state index in [0.29, 0.717) is 16.9 Å². The SMILES string of the molecule is [C-]#[N+]c1ccc(N2C(=O)N(CC#N)C(C)(C)C2=O)cc1C. The first-order chi connectivity index (χ1) is 9.84. The second kappa shape index (κ2) is 4.92. The maximum absolute atomic E-state index is 12.5. The summed E-state index contributed by atoms with van der Waals surface area (Å²) in [6, 6.07) is 6.18. The van der Waals surface area contributed by atoms with Crippen LogP contribution in [0.15, 0.2) is 18.2 Å². The number of anilines is 1. The predicted octanol–water partition coefficient (Wildman–Crippen LogP) is 2.62. The number of carbonyl (C=O) groups is 2. The molecule has 1 aliphatic heterocycles. The maximum Gasteiger partial charge on any atom is 0.333 e. The van der Waals surface area contributed by atoms with Crippen molar-refractivity contribution in [2.24, 2.45) is 0 Å². The summed E-state index contributed by atoms with van der Waals surface area (Å²) in [7, 11) is 0. The third-order valence-corrected chi connectivity index (χ3v) is 3.61. The van der Waals surface area contributed by atoms with E-state index < -0.39 is 11.6 Å². The van der Waals surface area contributed by atoms with Gasteiger partial charge in [-0.2, -0.15) is 5.26 Å². The van der Waals surface area contributed by atoms with Crippen LogP contribution in [0.25, 0.3) is 4.85 Å². The number of nitrogens with zero attached hydrogens (tertiary/aromatic N) is 4. The van der Waals surface area contributed by atoms with Crippen molar-refractivity contribution in [3.05, 3.63) is 35.2 Å². The van der Waals surface area contributed by atoms with Crippen LogP contribution in [-0.4, -0.2) is 28.9 Å². The molecular formula is C15H14N4O2. The van der Waals surface area contributed by atoms with Crippen molar-refractivity contribution in [1.82, 2.24) is 4.90 Å². The summed E-state index contributed by atoms with van der Waals surface area (Å²) in [5, 5.41) is 8.83. The summed E-state index contributed by atoms with van der Waals surface area (Å²) in [4.78, 5) is 30.6. The van der Waals surface area contributed by atoms with E-state index in [1.54, 1.807) is 39.0 Å². The molecule has 1 fully saturated rings. The lowest BCUT2D eigenvalue weighted by molar-refractivity contribution is -0.123. The number of nitriles is 1. The van der Waals surface area contributed by atoms with Crippen LogP contribution in [0.4, 0.5) is 16.2 Å². The van der Waals surface area contributed by atoms with Gasteiger partial charge >= 0.3 is 6.03 Å². The van der Waals surface area contributed by atoms with Crippen molar-refractivity contribution >= 4 is 23.3 Å². The number of amides is 3. The molecule has 0 N–H and O–H groups in total. The van der Waals surface area contributed by atoms with Crippen LogP contribution < -0.4 is 4.90 Å². The fourth-order valence-corrected chi connectivity index (χ4v) is 2.30. The van der Waals surface area contributed by atoms with E-state index in [1.807, 2.05) is 6.07 Å². The number of imide groups is 1. The Hall–Kier alpha value is -2.86. The maximum atomic E-state index is 12.5. The Bertz CT molecular complexity index is 709. The van der Waals surface area contributed by atoms with Gasteiger partial charge in [0.2, 0.25) is 0 Å². The largest absolute Gasteiger partial charge is 0.333 e. The Morgan fingerprint density at radius 2 is 2.05 bits per heavy atom. The van der Waals surface area contributed by atoms with E-state index >= 15 is 0 Å². The number of benzene rings is 1. The van der Waals surface area contributed by atoms with Gasteiger partial charge in [-0.15, -0.1) is 0 Å². The molecular weight excluding hydrogens is 268 g/mol. The van der Waals surface area contributed by atoms with E-state index in [1.165, 1.54) is 4.90 Å². The Labute approximate surface area is 123 Å². The second-order valence-corrected chi connectivity index (χ2v) is 5.31. The van der Waals surface area contributed by atoms with Crippen LogP contribution >= 0.6 is 0 Å². The van der Waals surface area contributed by atoms with Gasteiger partial charge in [-0.05, 0) is 38.5 Å². The van der Waals surface area contributed by atoms with Crippen molar-refractivity contribution in [3.63, 3.8) is 0 Å². The standard InChI is InChI=1S/C15H14N4O2/c1-10-9-11(5-6-12(10)17-4)19-13(20)15(2,3)18(8-7-16)14(19)21/h5-6,9H,8H2,1-3H3. The number of hydrogen-bond acceptors (Lipinski definition) is 3. The minimum absolute atomic E-state index is 0.146. The average molecular weight is 282 g/mol. The summed E-state index contributed by atoms with van der Waals surface area (Å²) in [5.41, 5.74) is 0.535. The normalized spacial score (nSPS) is 16.8. The smallest absolute Gasteiger partial charge is 0.296 e. The highest BCUT2D eigenvalue weighted by atomic mass is 16.2. The second-order valence-electron chi connectivity index (χ2n) is 5.31. The van der Waals surface area contributed by atoms with Crippen LogP contribution in [0.5, 0.6) is 0 Å². The van der Waals surface area contributed by atoms with Gasteiger partial charge in [0.25, 0.3) is 5.91 Å². The first kappa shape index (κ1) is 14.5. The van der Waals surface area contributed by atoms with Crippen molar-refractivity contribution in [2.45, 2.75) is 26.3 Å². The lowest BCUT2D eigenvalue weighted by atomic mass is 10.0. The molecule has 1 heterocycles. The number of urea groups is 1. The zero-order valence-corrected chi connectivity index (χ0v) is 12.0. The highest BCUT2D eigenvalue weighted by molar-refractivity contribution is 6.23. The molecule has 0 atom stereocenters. The molecule has 1 aliphatic rings. The molecule has 21 heavy (non-hydrogen) atoms. The van der Waals surface area contributed by atoms with Crippen molar-refractivity contribution in [1.29, 1.82) is 5.26 Å². The van der Waals surface area contributed by atoms with Crippen molar-refractivity contribution in [3.8, 4) is 6.07 Å². The molecule has 1 aromatic carbocycles. The lowest BCUT2D eigenvalue weighted by Crippen LogP contribution is -2.44. The van der Waals surface area contributed by atoms with Crippen LogP contribution in [0.3, 0.4) is 0 Å². The Morgan fingerprint density at radius 3 is 2.57 bits per heavy atom. The Kier molecular flexibility index (Phi) is 3.40. The van der Waals surface area contributed by atoms with E-state index in [-0.39, 0.29) is 12.5 Å². The summed E-state index contributed by atoms with van der Waals surface area (Å²) in [6.45, 7) is 11.9. The Balaban J connectivity index is 2.48. The number of aryl methyl sites for hydroxylation is 1. The zero-order valence-electron chi connectivity index (χ0n) is 12.0. The van der Waals surface area contributed by atoms with Crippen molar-refractivity contribution < 1.29 is 9.59 Å². The fourth-order valence-electron chi connectivity index (χ4n) is 2.30. The Morgan fingerprint density at radius 1 is 1.38 bits per heavy atom. The molecule has 2 rings (SSSR count). The van der Waals surface area contributed by atoms with Crippen LogP contribution in [-0.2, 0) is 4.79 Å².